The van der Waals surface area contributed by atoms with E-state index in [1.54, 1.807) is 24.3 Å². The van der Waals surface area contributed by atoms with E-state index in [0.29, 0.717) is 30.4 Å². The van der Waals surface area contributed by atoms with Crippen LogP contribution in [0, 0.1) is 0 Å². The number of hydrogen-bond acceptors (Lipinski definition) is 5. The van der Waals surface area contributed by atoms with Gasteiger partial charge in [0, 0.05) is 11.9 Å². The minimum Gasteiger partial charge on any atom is -0.449 e. The molecule has 1 aromatic heterocycles. The average molecular weight is 351 g/mol. The minimum atomic E-state index is -3.49. The summed E-state index contributed by atoms with van der Waals surface area (Å²) in [6, 6.07) is 5.98. The second-order valence-corrected chi connectivity index (χ2v) is 7.62. The molecule has 2 heterocycles. The highest BCUT2D eigenvalue weighted by atomic mass is 32.2. The van der Waals surface area contributed by atoms with Crippen molar-refractivity contribution in [3.63, 3.8) is 0 Å². The summed E-state index contributed by atoms with van der Waals surface area (Å²) in [5.74, 6) is -1.48. The predicted molar refractivity (Wildman–Crippen MR) is 87.9 cm³/mol. The largest absolute Gasteiger partial charge is 0.449 e. The highest BCUT2D eigenvalue weighted by molar-refractivity contribution is 7.88. The van der Waals surface area contributed by atoms with Crippen molar-refractivity contribution in [3.05, 3.63) is 30.0 Å². The summed E-state index contributed by atoms with van der Waals surface area (Å²) in [6.07, 6.45) is 2.08. The molecular formula is C15H17N3O5S. The average Bonchev–Trinajstić information content (AvgIpc) is 3.12. The first kappa shape index (κ1) is 16.5. The number of furan rings is 1. The molecule has 1 unspecified atom stereocenters. The Labute approximate surface area is 138 Å². The van der Waals surface area contributed by atoms with Crippen molar-refractivity contribution in [1.29, 1.82) is 0 Å². The fourth-order valence-corrected chi connectivity index (χ4v) is 4.07. The minimum absolute atomic E-state index is 0.159. The number of nitrogens with zero attached hydrogens (tertiary/aromatic N) is 1. The maximum absolute atomic E-state index is 12.6. The zero-order chi connectivity index (χ0) is 17.5. The van der Waals surface area contributed by atoms with Gasteiger partial charge >= 0.3 is 0 Å². The summed E-state index contributed by atoms with van der Waals surface area (Å²) in [4.78, 5) is 24.2. The molecule has 0 saturated carbocycles. The van der Waals surface area contributed by atoms with Crippen LogP contribution in [-0.2, 0) is 14.8 Å². The number of para-hydroxylation sites is 1. The van der Waals surface area contributed by atoms with E-state index in [1.165, 1.54) is 0 Å². The van der Waals surface area contributed by atoms with Gasteiger partial charge < -0.3 is 15.5 Å². The van der Waals surface area contributed by atoms with E-state index < -0.39 is 27.9 Å². The Balaban J connectivity index is 1.96. The number of carbonyl (C=O) groups excluding carboxylic acids is 2. The quantitative estimate of drug-likeness (QED) is 0.847. The SMILES string of the molecule is CS(=O)(=O)N1CCCC1C(=O)Nc1c(C(N)=O)oc2ccccc12. The number of primary amides is 1. The second-order valence-electron chi connectivity index (χ2n) is 5.69. The van der Waals surface area contributed by atoms with E-state index >= 15 is 0 Å². The molecule has 0 radical (unpaired) electrons. The molecule has 128 valence electrons. The highest BCUT2D eigenvalue weighted by Crippen LogP contribution is 2.31. The Morgan fingerprint density at radius 3 is 2.71 bits per heavy atom. The second kappa shape index (κ2) is 5.91. The zero-order valence-corrected chi connectivity index (χ0v) is 13.8. The van der Waals surface area contributed by atoms with Crippen molar-refractivity contribution in [1.82, 2.24) is 4.31 Å². The van der Waals surface area contributed by atoms with Crippen LogP contribution in [-0.4, -0.2) is 43.4 Å². The molecule has 9 heteroatoms. The lowest BCUT2D eigenvalue weighted by molar-refractivity contribution is -0.119. The number of carbonyl (C=O) groups is 2. The highest BCUT2D eigenvalue weighted by Gasteiger charge is 2.37. The third-order valence-corrected chi connectivity index (χ3v) is 5.29. The summed E-state index contributed by atoms with van der Waals surface area (Å²) in [7, 11) is -3.49. The first-order chi connectivity index (χ1) is 11.3. The Bertz CT molecular complexity index is 918. The molecular weight excluding hydrogens is 334 g/mol. The monoisotopic (exact) mass is 351 g/mol. The Hall–Kier alpha value is -2.39. The lowest BCUT2D eigenvalue weighted by Gasteiger charge is -2.21. The molecule has 1 aromatic carbocycles. The molecule has 1 atom stereocenters. The topological polar surface area (TPSA) is 123 Å². The van der Waals surface area contributed by atoms with Gasteiger partial charge in [-0.1, -0.05) is 12.1 Å². The molecule has 8 nitrogen and oxygen atoms in total. The van der Waals surface area contributed by atoms with Crippen molar-refractivity contribution >= 4 is 38.5 Å². The number of hydrogen-bond donors (Lipinski definition) is 2. The normalized spacial score (nSPS) is 18.8. The molecule has 0 spiro atoms. The van der Waals surface area contributed by atoms with Crippen molar-refractivity contribution in [3.8, 4) is 0 Å². The fourth-order valence-electron chi connectivity index (χ4n) is 2.95. The summed E-state index contributed by atoms with van der Waals surface area (Å²) >= 11 is 0. The van der Waals surface area contributed by atoms with Gasteiger partial charge in [-0.3, -0.25) is 9.59 Å². The summed E-state index contributed by atoms with van der Waals surface area (Å²) in [5, 5.41) is 3.15. The van der Waals surface area contributed by atoms with E-state index in [4.69, 9.17) is 10.2 Å². The summed E-state index contributed by atoms with van der Waals surface area (Å²) in [6.45, 7) is 0.297. The fraction of sp³-hybridized carbons (Fsp3) is 0.333. The zero-order valence-electron chi connectivity index (χ0n) is 13.0. The number of benzene rings is 1. The number of sulfonamides is 1. The van der Waals surface area contributed by atoms with Gasteiger partial charge in [0.1, 0.15) is 17.3 Å². The van der Waals surface area contributed by atoms with Crippen LogP contribution < -0.4 is 11.1 Å². The van der Waals surface area contributed by atoms with Crippen LogP contribution >= 0.6 is 0 Å². The van der Waals surface area contributed by atoms with E-state index in [-0.39, 0.29) is 11.4 Å². The predicted octanol–water partition coefficient (Wildman–Crippen LogP) is 0.894. The number of anilines is 1. The summed E-state index contributed by atoms with van der Waals surface area (Å²) in [5.41, 5.74) is 5.89. The van der Waals surface area contributed by atoms with E-state index in [9.17, 15) is 18.0 Å². The van der Waals surface area contributed by atoms with Gasteiger partial charge in [-0.05, 0) is 25.0 Å². The van der Waals surface area contributed by atoms with Gasteiger partial charge in [-0.25, -0.2) is 8.42 Å². The lowest BCUT2D eigenvalue weighted by Crippen LogP contribution is -2.42. The number of fused-ring (bicyclic) bond motifs is 1. The third kappa shape index (κ3) is 2.87. The number of nitrogens with two attached hydrogens (primary N) is 1. The van der Waals surface area contributed by atoms with Gasteiger partial charge in [0.2, 0.25) is 21.7 Å². The van der Waals surface area contributed by atoms with Gasteiger partial charge in [0.05, 0.1) is 6.26 Å². The molecule has 3 N–H and O–H groups in total. The van der Waals surface area contributed by atoms with Gasteiger partial charge in [-0.2, -0.15) is 4.31 Å². The van der Waals surface area contributed by atoms with Crippen LogP contribution in [0.15, 0.2) is 28.7 Å². The van der Waals surface area contributed by atoms with Crippen LogP contribution in [0.4, 0.5) is 5.69 Å². The number of amides is 2. The molecule has 0 aliphatic carbocycles. The smallest absolute Gasteiger partial charge is 0.286 e. The molecule has 1 fully saturated rings. The van der Waals surface area contributed by atoms with Crippen molar-refractivity contribution in [2.75, 3.05) is 18.1 Å². The summed E-state index contributed by atoms with van der Waals surface area (Å²) < 4.78 is 30.1. The molecule has 2 amide bonds. The van der Waals surface area contributed by atoms with Gasteiger partial charge in [0.15, 0.2) is 0 Å². The van der Waals surface area contributed by atoms with Crippen LogP contribution in [0.5, 0.6) is 0 Å². The van der Waals surface area contributed by atoms with Crippen LogP contribution in [0.2, 0.25) is 0 Å². The Morgan fingerprint density at radius 2 is 2.04 bits per heavy atom. The number of nitrogens with one attached hydrogen (secondary N) is 1. The molecule has 0 bridgehead atoms. The molecule has 2 aromatic rings. The molecule has 3 rings (SSSR count). The Morgan fingerprint density at radius 1 is 1.33 bits per heavy atom. The van der Waals surface area contributed by atoms with Crippen molar-refractivity contribution in [2.24, 2.45) is 5.73 Å². The van der Waals surface area contributed by atoms with E-state index in [1.807, 2.05) is 0 Å². The van der Waals surface area contributed by atoms with Crippen LogP contribution in [0.25, 0.3) is 11.0 Å². The van der Waals surface area contributed by atoms with Crippen LogP contribution in [0.3, 0.4) is 0 Å². The Kier molecular flexibility index (Phi) is 4.06. The third-order valence-electron chi connectivity index (χ3n) is 4.00. The first-order valence-corrected chi connectivity index (χ1v) is 9.23. The van der Waals surface area contributed by atoms with E-state index in [0.717, 1.165) is 10.6 Å². The maximum Gasteiger partial charge on any atom is 0.286 e. The molecule has 1 saturated heterocycles. The van der Waals surface area contributed by atoms with Crippen molar-refractivity contribution in [2.45, 2.75) is 18.9 Å². The maximum atomic E-state index is 12.6. The number of rotatable bonds is 4. The van der Waals surface area contributed by atoms with Crippen molar-refractivity contribution < 1.29 is 22.4 Å². The standard InChI is InChI=1S/C15H17N3O5S/c1-24(21,22)18-8-4-6-10(18)15(20)17-12-9-5-2-3-7-11(9)23-13(12)14(16)19/h2-3,5,7,10H,4,6,8H2,1H3,(H2,16,19)(H,17,20). The van der Waals surface area contributed by atoms with Gasteiger partial charge in [-0.15, -0.1) is 0 Å². The van der Waals surface area contributed by atoms with Crippen LogP contribution in [0.1, 0.15) is 23.4 Å². The first-order valence-electron chi connectivity index (χ1n) is 7.38. The van der Waals surface area contributed by atoms with Gasteiger partial charge in [0.25, 0.3) is 5.91 Å². The van der Waals surface area contributed by atoms with E-state index in [2.05, 4.69) is 5.32 Å². The molecule has 24 heavy (non-hydrogen) atoms. The lowest BCUT2D eigenvalue weighted by atomic mass is 10.2. The molecule has 1 aliphatic heterocycles. The molecule has 1 aliphatic rings.